The summed E-state index contributed by atoms with van der Waals surface area (Å²) in [5.74, 6) is -1.08. The summed E-state index contributed by atoms with van der Waals surface area (Å²) in [6, 6.07) is 8.54. The number of halogens is 3. The number of amides is 1. The highest BCUT2D eigenvalue weighted by molar-refractivity contribution is 6.02. The number of methoxy groups -OCH3 is 1. The molecule has 0 heterocycles. The van der Waals surface area contributed by atoms with Gasteiger partial charge in [0.05, 0.1) is 7.11 Å². The molecule has 0 fully saturated rings. The van der Waals surface area contributed by atoms with Crippen molar-refractivity contribution in [3.8, 4) is 11.5 Å². The van der Waals surface area contributed by atoms with Crippen molar-refractivity contribution in [3.05, 3.63) is 59.4 Å². The number of nitrogens with one attached hydrogen (secondary N) is 1. The molecule has 0 aliphatic carbocycles. The highest BCUT2D eigenvalue weighted by Crippen LogP contribution is 2.33. The maximum atomic E-state index is 13.2. The van der Waals surface area contributed by atoms with E-state index >= 15 is 0 Å². The van der Waals surface area contributed by atoms with Crippen molar-refractivity contribution in [2.24, 2.45) is 0 Å². The molecule has 0 bridgehead atoms. The number of anilines is 1. The third-order valence-corrected chi connectivity index (χ3v) is 3.31. The number of alkyl halides is 2. The van der Waals surface area contributed by atoms with Gasteiger partial charge in [0.15, 0.2) is 11.5 Å². The van der Waals surface area contributed by atoms with Gasteiger partial charge in [-0.25, -0.2) is 4.39 Å². The molecule has 2 rings (SSSR count). The molecule has 0 spiro atoms. The number of hydrogen-bond donors (Lipinski definition) is 1. The molecule has 0 unspecified atom stereocenters. The molecule has 2 aromatic rings. The van der Waals surface area contributed by atoms with Gasteiger partial charge in [0.1, 0.15) is 5.82 Å². The van der Waals surface area contributed by atoms with E-state index in [9.17, 15) is 18.0 Å². The lowest BCUT2D eigenvalue weighted by molar-refractivity contribution is -0.111. The SMILES string of the molecule is COc1cccc(/C=C/C(=O)Nc2cc(F)ccc2C)c1OC(F)F. The molecule has 25 heavy (non-hydrogen) atoms. The average molecular weight is 351 g/mol. The molecule has 1 amide bonds. The quantitative estimate of drug-likeness (QED) is 0.785. The summed E-state index contributed by atoms with van der Waals surface area (Å²) in [4.78, 5) is 12.0. The summed E-state index contributed by atoms with van der Waals surface area (Å²) < 4.78 is 47.8. The van der Waals surface area contributed by atoms with E-state index < -0.39 is 18.3 Å². The lowest BCUT2D eigenvalue weighted by Crippen LogP contribution is -2.09. The molecule has 4 nitrogen and oxygen atoms in total. The number of aryl methyl sites for hydroxylation is 1. The Balaban J connectivity index is 2.20. The fourth-order valence-electron chi connectivity index (χ4n) is 2.11. The number of hydrogen-bond acceptors (Lipinski definition) is 3. The number of carbonyl (C=O) groups is 1. The van der Waals surface area contributed by atoms with Gasteiger partial charge in [-0.2, -0.15) is 8.78 Å². The van der Waals surface area contributed by atoms with Gasteiger partial charge in [0.25, 0.3) is 0 Å². The van der Waals surface area contributed by atoms with Crippen LogP contribution in [0.2, 0.25) is 0 Å². The number of rotatable bonds is 6. The Bertz CT molecular complexity index is 791. The topological polar surface area (TPSA) is 47.6 Å². The summed E-state index contributed by atoms with van der Waals surface area (Å²) in [5, 5.41) is 2.52. The van der Waals surface area contributed by atoms with Gasteiger partial charge in [0.2, 0.25) is 5.91 Å². The van der Waals surface area contributed by atoms with Crippen molar-refractivity contribution < 1.29 is 27.4 Å². The highest BCUT2D eigenvalue weighted by Gasteiger charge is 2.14. The first-order valence-corrected chi connectivity index (χ1v) is 7.27. The lowest BCUT2D eigenvalue weighted by Gasteiger charge is -2.12. The van der Waals surface area contributed by atoms with Crippen molar-refractivity contribution in [1.29, 1.82) is 0 Å². The van der Waals surface area contributed by atoms with E-state index in [0.717, 1.165) is 6.08 Å². The van der Waals surface area contributed by atoms with Gasteiger partial charge in [0, 0.05) is 17.3 Å². The lowest BCUT2D eigenvalue weighted by atomic mass is 10.1. The molecular formula is C18H16F3NO3. The zero-order valence-corrected chi connectivity index (χ0v) is 13.6. The summed E-state index contributed by atoms with van der Waals surface area (Å²) in [5.41, 5.74) is 1.25. The third kappa shape index (κ3) is 5.00. The molecule has 0 aliphatic heterocycles. The van der Waals surface area contributed by atoms with Gasteiger partial charge in [-0.3, -0.25) is 4.79 Å². The molecular weight excluding hydrogens is 335 g/mol. The van der Waals surface area contributed by atoms with Gasteiger partial charge in [-0.1, -0.05) is 18.2 Å². The van der Waals surface area contributed by atoms with Crippen LogP contribution in [0, 0.1) is 12.7 Å². The average Bonchev–Trinajstić information content (AvgIpc) is 2.56. The van der Waals surface area contributed by atoms with Crippen LogP contribution < -0.4 is 14.8 Å². The smallest absolute Gasteiger partial charge is 0.387 e. The highest BCUT2D eigenvalue weighted by atomic mass is 19.3. The molecule has 0 atom stereocenters. The van der Waals surface area contributed by atoms with Crippen LogP contribution in [-0.2, 0) is 4.79 Å². The minimum absolute atomic E-state index is 0.115. The second-order valence-corrected chi connectivity index (χ2v) is 5.04. The summed E-state index contributed by atoms with van der Waals surface area (Å²) >= 11 is 0. The van der Waals surface area contributed by atoms with E-state index in [0.29, 0.717) is 11.3 Å². The van der Waals surface area contributed by atoms with Crippen molar-refractivity contribution >= 4 is 17.7 Å². The fraction of sp³-hybridized carbons (Fsp3) is 0.167. The van der Waals surface area contributed by atoms with E-state index in [4.69, 9.17) is 4.74 Å². The van der Waals surface area contributed by atoms with Gasteiger partial charge < -0.3 is 14.8 Å². The number of ether oxygens (including phenoxy) is 2. The minimum Gasteiger partial charge on any atom is -0.493 e. The van der Waals surface area contributed by atoms with Crippen molar-refractivity contribution in [3.63, 3.8) is 0 Å². The molecule has 0 saturated carbocycles. The molecule has 132 valence electrons. The maximum absolute atomic E-state index is 13.2. The predicted molar refractivity (Wildman–Crippen MR) is 88.4 cm³/mol. The number of para-hydroxylation sites is 1. The number of carbonyl (C=O) groups excluding carboxylic acids is 1. The molecule has 0 radical (unpaired) electrons. The van der Waals surface area contributed by atoms with Crippen LogP contribution >= 0.6 is 0 Å². The largest absolute Gasteiger partial charge is 0.493 e. The van der Waals surface area contributed by atoms with E-state index in [1.54, 1.807) is 13.0 Å². The third-order valence-electron chi connectivity index (χ3n) is 3.31. The van der Waals surface area contributed by atoms with Gasteiger partial charge in [-0.15, -0.1) is 0 Å². The summed E-state index contributed by atoms with van der Waals surface area (Å²) in [7, 11) is 1.32. The predicted octanol–water partition coefficient (Wildman–Crippen LogP) is 4.40. The molecule has 0 aliphatic rings. The first kappa shape index (κ1) is 18.4. The van der Waals surface area contributed by atoms with E-state index in [-0.39, 0.29) is 17.1 Å². The Labute approximate surface area is 142 Å². The first-order chi connectivity index (χ1) is 11.9. The Kier molecular flexibility index (Phi) is 6.05. The van der Waals surface area contributed by atoms with Crippen LogP contribution in [0.1, 0.15) is 11.1 Å². The summed E-state index contributed by atoms with van der Waals surface area (Å²) in [6.07, 6.45) is 2.45. The van der Waals surface area contributed by atoms with Gasteiger partial charge in [-0.05, 0) is 36.8 Å². The Morgan fingerprint density at radius 3 is 2.68 bits per heavy atom. The van der Waals surface area contributed by atoms with Crippen molar-refractivity contribution in [2.75, 3.05) is 12.4 Å². The zero-order chi connectivity index (χ0) is 18.4. The van der Waals surface area contributed by atoms with Crippen molar-refractivity contribution in [2.45, 2.75) is 13.5 Å². The van der Waals surface area contributed by atoms with Crippen LogP contribution in [0.25, 0.3) is 6.08 Å². The summed E-state index contributed by atoms with van der Waals surface area (Å²) in [6.45, 7) is -1.32. The Hall–Kier alpha value is -2.96. The fourth-order valence-corrected chi connectivity index (χ4v) is 2.11. The van der Waals surface area contributed by atoms with Gasteiger partial charge >= 0.3 is 6.61 Å². The zero-order valence-electron chi connectivity index (χ0n) is 13.6. The molecule has 7 heteroatoms. The van der Waals surface area contributed by atoms with E-state index in [2.05, 4.69) is 10.1 Å². The van der Waals surface area contributed by atoms with Crippen LogP contribution in [-0.4, -0.2) is 19.6 Å². The van der Waals surface area contributed by atoms with E-state index in [1.807, 2.05) is 0 Å². The molecule has 0 saturated heterocycles. The Morgan fingerprint density at radius 2 is 2.00 bits per heavy atom. The minimum atomic E-state index is -3.03. The standard InChI is InChI=1S/C18H16F3NO3/c1-11-6-8-13(19)10-14(11)22-16(23)9-7-12-4-3-5-15(24-2)17(12)25-18(20)21/h3-10,18H,1-2H3,(H,22,23)/b9-7+. The maximum Gasteiger partial charge on any atom is 0.387 e. The Morgan fingerprint density at radius 1 is 1.24 bits per heavy atom. The number of benzene rings is 2. The van der Waals surface area contributed by atoms with Crippen molar-refractivity contribution in [1.82, 2.24) is 0 Å². The van der Waals surface area contributed by atoms with Crippen LogP contribution in [0.4, 0.5) is 18.9 Å². The second kappa shape index (κ2) is 8.23. The first-order valence-electron chi connectivity index (χ1n) is 7.27. The van der Waals surface area contributed by atoms with Crippen LogP contribution in [0.5, 0.6) is 11.5 Å². The van der Waals surface area contributed by atoms with E-state index in [1.165, 1.54) is 43.5 Å². The normalized spacial score (nSPS) is 11.0. The van der Waals surface area contributed by atoms with Crippen LogP contribution in [0.15, 0.2) is 42.5 Å². The molecule has 0 aromatic heterocycles. The molecule has 1 N–H and O–H groups in total. The van der Waals surface area contributed by atoms with Crippen LogP contribution in [0.3, 0.4) is 0 Å². The molecule has 2 aromatic carbocycles. The second-order valence-electron chi connectivity index (χ2n) is 5.04. The monoisotopic (exact) mass is 351 g/mol.